The van der Waals surface area contributed by atoms with Crippen LogP contribution in [-0.4, -0.2) is 23.8 Å². The smallest absolute Gasteiger partial charge is 0.315 e. The average Bonchev–Trinajstić information content (AvgIpc) is 2.45. The fourth-order valence-electron chi connectivity index (χ4n) is 2.04. The minimum Gasteiger partial charge on any atom is -0.391 e. The Kier molecular flexibility index (Phi) is 7.08. The van der Waals surface area contributed by atoms with Gasteiger partial charge in [-0.05, 0) is 31.0 Å². The van der Waals surface area contributed by atoms with Gasteiger partial charge in [-0.25, -0.2) is 13.6 Å². The summed E-state index contributed by atoms with van der Waals surface area (Å²) in [4.78, 5) is 11.7. The van der Waals surface area contributed by atoms with Crippen LogP contribution in [-0.2, 0) is 0 Å². The molecule has 0 aliphatic heterocycles. The van der Waals surface area contributed by atoms with E-state index in [4.69, 9.17) is 0 Å². The van der Waals surface area contributed by atoms with Crippen LogP contribution in [0.1, 0.15) is 44.7 Å². The van der Waals surface area contributed by atoms with Crippen molar-refractivity contribution < 1.29 is 18.7 Å². The van der Waals surface area contributed by atoms with Gasteiger partial charge in [0.1, 0.15) is 11.6 Å². The molecule has 0 aromatic heterocycles. The summed E-state index contributed by atoms with van der Waals surface area (Å²) in [5.74, 6) is -1.11. The maximum absolute atomic E-state index is 13.7. The highest BCUT2D eigenvalue weighted by atomic mass is 19.1. The van der Waals surface area contributed by atoms with Gasteiger partial charge in [-0.3, -0.25) is 0 Å². The molecule has 2 unspecified atom stereocenters. The molecule has 21 heavy (non-hydrogen) atoms. The van der Waals surface area contributed by atoms with Gasteiger partial charge in [0.05, 0.1) is 12.1 Å². The maximum atomic E-state index is 13.7. The molecule has 1 aromatic rings. The van der Waals surface area contributed by atoms with Gasteiger partial charge in [0, 0.05) is 12.1 Å². The van der Waals surface area contributed by atoms with Crippen LogP contribution in [0.3, 0.4) is 0 Å². The van der Waals surface area contributed by atoms with Crippen molar-refractivity contribution in [1.82, 2.24) is 10.6 Å². The van der Waals surface area contributed by atoms with E-state index in [9.17, 15) is 18.7 Å². The molecule has 0 saturated heterocycles. The molecule has 2 amide bonds. The molecule has 0 aliphatic rings. The van der Waals surface area contributed by atoms with E-state index in [2.05, 4.69) is 10.6 Å². The molecule has 0 bridgehead atoms. The lowest BCUT2D eigenvalue weighted by atomic mass is 10.0. The molecule has 0 saturated carbocycles. The molecule has 3 N–H and O–H groups in total. The van der Waals surface area contributed by atoms with Crippen LogP contribution < -0.4 is 10.6 Å². The predicted molar refractivity (Wildman–Crippen MR) is 76.8 cm³/mol. The lowest BCUT2D eigenvalue weighted by Crippen LogP contribution is -2.41. The number of nitrogens with one attached hydrogen (secondary N) is 2. The largest absolute Gasteiger partial charge is 0.391 e. The van der Waals surface area contributed by atoms with Crippen LogP contribution >= 0.6 is 0 Å². The van der Waals surface area contributed by atoms with E-state index >= 15 is 0 Å². The number of aliphatic hydroxyl groups is 1. The number of aliphatic hydroxyl groups excluding tert-OH is 1. The molecule has 2 atom stereocenters. The van der Waals surface area contributed by atoms with Crippen molar-refractivity contribution in [2.75, 3.05) is 6.54 Å². The van der Waals surface area contributed by atoms with E-state index in [1.165, 1.54) is 0 Å². The summed E-state index contributed by atoms with van der Waals surface area (Å²) in [6.45, 7) is 3.83. The first-order chi connectivity index (χ1) is 9.97. The standard InChI is InChI=1S/C15H22F2N2O2/c1-3-5-11(20)9-18-15(21)19-14(4-2)12-8-10(16)6-7-13(12)17/h6-8,11,14,20H,3-5,9H2,1-2H3,(H2,18,19,21). The zero-order chi connectivity index (χ0) is 15.8. The zero-order valence-electron chi connectivity index (χ0n) is 12.3. The Balaban J connectivity index is 2.61. The van der Waals surface area contributed by atoms with Gasteiger partial charge in [-0.15, -0.1) is 0 Å². The van der Waals surface area contributed by atoms with Gasteiger partial charge in [0.2, 0.25) is 0 Å². The van der Waals surface area contributed by atoms with E-state index in [0.717, 1.165) is 24.6 Å². The molecule has 0 radical (unpaired) electrons. The second-order valence-electron chi connectivity index (χ2n) is 4.92. The van der Waals surface area contributed by atoms with Crippen LogP contribution in [0.2, 0.25) is 0 Å². The van der Waals surface area contributed by atoms with Gasteiger partial charge in [-0.1, -0.05) is 20.3 Å². The summed E-state index contributed by atoms with van der Waals surface area (Å²) in [6.07, 6.45) is 1.23. The number of amides is 2. The van der Waals surface area contributed by atoms with Gasteiger partial charge in [0.25, 0.3) is 0 Å². The molecule has 0 fully saturated rings. The molecule has 0 aliphatic carbocycles. The molecule has 118 valence electrons. The maximum Gasteiger partial charge on any atom is 0.315 e. The topological polar surface area (TPSA) is 61.4 Å². The summed E-state index contributed by atoms with van der Waals surface area (Å²) >= 11 is 0. The lowest BCUT2D eigenvalue weighted by Gasteiger charge is -2.19. The molecule has 1 aromatic carbocycles. The van der Waals surface area contributed by atoms with Crippen molar-refractivity contribution in [3.63, 3.8) is 0 Å². The minimum absolute atomic E-state index is 0.113. The third-order valence-corrected chi connectivity index (χ3v) is 3.17. The number of halogens is 2. The number of hydrogen-bond acceptors (Lipinski definition) is 2. The number of carbonyl (C=O) groups is 1. The van der Waals surface area contributed by atoms with Crippen LogP contribution in [0.15, 0.2) is 18.2 Å². The zero-order valence-corrected chi connectivity index (χ0v) is 12.3. The van der Waals surface area contributed by atoms with Crippen LogP contribution in [0, 0.1) is 11.6 Å². The van der Waals surface area contributed by atoms with E-state index in [0.29, 0.717) is 12.8 Å². The van der Waals surface area contributed by atoms with E-state index in [1.54, 1.807) is 6.92 Å². The summed E-state index contributed by atoms with van der Waals surface area (Å²) in [5.41, 5.74) is 0.113. The molecular weight excluding hydrogens is 278 g/mol. The summed E-state index contributed by atoms with van der Waals surface area (Å²) in [5, 5.41) is 14.6. The Bertz CT molecular complexity index is 469. The Morgan fingerprint density at radius 2 is 2.05 bits per heavy atom. The fourth-order valence-corrected chi connectivity index (χ4v) is 2.04. The summed E-state index contributed by atoms with van der Waals surface area (Å²) in [6, 6.07) is 2.02. The van der Waals surface area contributed by atoms with Crippen molar-refractivity contribution in [2.45, 2.75) is 45.3 Å². The second kappa shape index (κ2) is 8.56. The third-order valence-electron chi connectivity index (χ3n) is 3.17. The number of benzene rings is 1. The Labute approximate surface area is 123 Å². The van der Waals surface area contributed by atoms with Crippen molar-refractivity contribution in [2.24, 2.45) is 0 Å². The van der Waals surface area contributed by atoms with Crippen molar-refractivity contribution in [3.8, 4) is 0 Å². The number of carbonyl (C=O) groups excluding carboxylic acids is 1. The predicted octanol–water partition coefficient (Wildman–Crippen LogP) is 2.88. The second-order valence-corrected chi connectivity index (χ2v) is 4.92. The van der Waals surface area contributed by atoms with Gasteiger partial charge >= 0.3 is 6.03 Å². The first-order valence-electron chi connectivity index (χ1n) is 7.15. The molecule has 1 rings (SSSR count). The Morgan fingerprint density at radius 1 is 1.33 bits per heavy atom. The van der Waals surface area contributed by atoms with Crippen LogP contribution in [0.4, 0.5) is 13.6 Å². The van der Waals surface area contributed by atoms with Crippen molar-refractivity contribution in [1.29, 1.82) is 0 Å². The minimum atomic E-state index is -0.621. The van der Waals surface area contributed by atoms with Gasteiger partial charge < -0.3 is 15.7 Å². The Morgan fingerprint density at radius 3 is 2.67 bits per heavy atom. The van der Waals surface area contributed by atoms with Crippen LogP contribution in [0.5, 0.6) is 0 Å². The Hall–Kier alpha value is -1.69. The highest BCUT2D eigenvalue weighted by Crippen LogP contribution is 2.21. The first-order valence-corrected chi connectivity index (χ1v) is 7.15. The average molecular weight is 300 g/mol. The molecule has 6 heteroatoms. The lowest BCUT2D eigenvalue weighted by molar-refractivity contribution is 0.160. The summed E-state index contributed by atoms with van der Waals surface area (Å²) in [7, 11) is 0. The normalized spacial score (nSPS) is 13.6. The molecule has 0 heterocycles. The fraction of sp³-hybridized carbons (Fsp3) is 0.533. The van der Waals surface area contributed by atoms with Crippen molar-refractivity contribution >= 4 is 6.03 Å². The number of rotatable bonds is 7. The number of hydrogen-bond donors (Lipinski definition) is 3. The van der Waals surface area contributed by atoms with Gasteiger partial charge in [-0.2, -0.15) is 0 Å². The van der Waals surface area contributed by atoms with Crippen LogP contribution in [0.25, 0.3) is 0 Å². The molecular formula is C15H22F2N2O2. The van der Waals surface area contributed by atoms with Gasteiger partial charge in [0.15, 0.2) is 0 Å². The summed E-state index contributed by atoms with van der Waals surface area (Å²) < 4.78 is 26.9. The highest BCUT2D eigenvalue weighted by Gasteiger charge is 2.17. The quantitative estimate of drug-likeness (QED) is 0.725. The van der Waals surface area contributed by atoms with E-state index < -0.39 is 29.8 Å². The highest BCUT2D eigenvalue weighted by molar-refractivity contribution is 5.74. The van der Waals surface area contributed by atoms with Crippen molar-refractivity contribution in [3.05, 3.63) is 35.4 Å². The monoisotopic (exact) mass is 300 g/mol. The van der Waals surface area contributed by atoms with E-state index in [1.807, 2.05) is 6.92 Å². The first kappa shape index (κ1) is 17.4. The third kappa shape index (κ3) is 5.67. The van der Waals surface area contributed by atoms with E-state index in [-0.39, 0.29) is 12.1 Å². The molecule has 4 nitrogen and oxygen atoms in total. The number of urea groups is 1. The molecule has 0 spiro atoms. The SMILES string of the molecule is CCCC(O)CNC(=O)NC(CC)c1cc(F)ccc1F.